The number of hydrogen-bond acceptors (Lipinski definition) is 2. The summed E-state index contributed by atoms with van der Waals surface area (Å²) in [5.74, 6) is -0.822. The summed E-state index contributed by atoms with van der Waals surface area (Å²) in [7, 11) is 0. The highest BCUT2D eigenvalue weighted by Gasteiger charge is 2.30. The molecule has 0 aliphatic rings. The normalized spacial score (nSPS) is 12.6. The van der Waals surface area contributed by atoms with Crippen molar-refractivity contribution >= 4 is 11.8 Å². The largest absolute Gasteiger partial charge is 0.416 e. The number of carbonyl (C=O) groups excluding carboxylic acids is 2. The summed E-state index contributed by atoms with van der Waals surface area (Å²) >= 11 is 0. The summed E-state index contributed by atoms with van der Waals surface area (Å²) in [4.78, 5) is 23.4. The summed E-state index contributed by atoms with van der Waals surface area (Å²) in [5, 5.41) is 5.09. The predicted octanol–water partition coefficient (Wildman–Crippen LogP) is 2.28. The van der Waals surface area contributed by atoms with Crippen molar-refractivity contribution in [2.45, 2.75) is 38.9 Å². The Kier molecular flexibility index (Phi) is 6.39. The fourth-order valence-corrected chi connectivity index (χ4v) is 1.80. The maximum Gasteiger partial charge on any atom is 0.416 e. The Bertz CT molecular complexity index is 530. The topological polar surface area (TPSA) is 58.2 Å². The number of benzene rings is 1. The molecule has 0 saturated heterocycles. The van der Waals surface area contributed by atoms with Gasteiger partial charge in [-0.1, -0.05) is 25.1 Å². The van der Waals surface area contributed by atoms with E-state index < -0.39 is 23.7 Å². The van der Waals surface area contributed by atoms with Crippen molar-refractivity contribution in [2.24, 2.45) is 0 Å². The first-order chi connectivity index (χ1) is 10.2. The zero-order chi connectivity index (χ0) is 16.8. The van der Waals surface area contributed by atoms with Gasteiger partial charge in [-0.25, -0.2) is 0 Å². The minimum atomic E-state index is -4.44. The van der Waals surface area contributed by atoms with Gasteiger partial charge in [-0.05, 0) is 25.0 Å². The molecule has 1 atom stereocenters. The van der Waals surface area contributed by atoms with E-state index in [0.717, 1.165) is 18.6 Å². The first-order valence-corrected chi connectivity index (χ1v) is 6.97. The second-order valence-corrected chi connectivity index (χ2v) is 4.96. The second kappa shape index (κ2) is 7.82. The lowest BCUT2D eigenvalue weighted by molar-refractivity contribution is -0.137. The minimum Gasteiger partial charge on any atom is -0.354 e. The quantitative estimate of drug-likeness (QED) is 0.846. The van der Waals surface area contributed by atoms with Gasteiger partial charge in [0.1, 0.15) is 6.04 Å². The van der Waals surface area contributed by atoms with Gasteiger partial charge in [-0.2, -0.15) is 13.2 Å². The van der Waals surface area contributed by atoms with Gasteiger partial charge in [0.05, 0.1) is 12.0 Å². The van der Waals surface area contributed by atoms with Crippen LogP contribution in [0.4, 0.5) is 13.2 Å². The number of amides is 2. The maximum atomic E-state index is 12.6. The van der Waals surface area contributed by atoms with Gasteiger partial charge in [-0.15, -0.1) is 0 Å². The molecule has 0 fully saturated rings. The average Bonchev–Trinajstić information content (AvgIpc) is 2.43. The van der Waals surface area contributed by atoms with Crippen molar-refractivity contribution in [1.82, 2.24) is 10.6 Å². The Hall–Kier alpha value is -2.05. The summed E-state index contributed by atoms with van der Waals surface area (Å²) in [5.41, 5.74) is -0.556. The average molecular weight is 316 g/mol. The van der Waals surface area contributed by atoms with Gasteiger partial charge in [0.2, 0.25) is 11.8 Å². The highest BCUT2D eigenvalue weighted by Crippen LogP contribution is 2.29. The van der Waals surface area contributed by atoms with Crippen LogP contribution in [0.2, 0.25) is 0 Å². The van der Waals surface area contributed by atoms with Crippen LogP contribution in [-0.4, -0.2) is 24.4 Å². The van der Waals surface area contributed by atoms with E-state index in [1.54, 1.807) is 0 Å². The molecule has 0 radical (unpaired) electrons. The van der Waals surface area contributed by atoms with Gasteiger partial charge in [0.25, 0.3) is 0 Å². The molecule has 0 saturated carbocycles. The Balaban J connectivity index is 2.60. The third-order valence-electron chi connectivity index (χ3n) is 2.94. The first-order valence-electron chi connectivity index (χ1n) is 6.97. The molecule has 0 aromatic heterocycles. The molecule has 0 heterocycles. The molecule has 0 aliphatic carbocycles. The molecular weight excluding hydrogens is 297 g/mol. The summed E-state index contributed by atoms with van der Waals surface area (Å²) in [6.45, 7) is 3.93. The molecule has 1 aromatic carbocycles. The van der Waals surface area contributed by atoms with E-state index in [1.807, 2.05) is 6.92 Å². The Morgan fingerprint density at radius 1 is 1.27 bits per heavy atom. The van der Waals surface area contributed by atoms with Crippen LogP contribution in [0.3, 0.4) is 0 Å². The Labute approximate surface area is 127 Å². The first kappa shape index (κ1) is 18.0. The number of carbonyl (C=O) groups is 2. The van der Waals surface area contributed by atoms with Crippen LogP contribution in [0.1, 0.15) is 31.4 Å². The molecular formula is C15H19F3N2O2. The van der Waals surface area contributed by atoms with Crippen LogP contribution >= 0.6 is 0 Å². The van der Waals surface area contributed by atoms with E-state index in [-0.39, 0.29) is 17.9 Å². The molecule has 2 amide bonds. The van der Waals surface area contributed by atoms with Gasteiger partial charge in [0.15, 0.2) is 0 Å². The van der Waals surface area contributed by atoms with Crippen molar-refractivity contribution in [3.63, 3.8) is 0 Å². The van der Waals surface area contributed by atoms with Gasteiger partial charge < -0.3 is 10.6 Å². The van der Waals surface area contributed by atoms with Crippen LogP contribution in [0.15, 0.2) is 24.3 Å². The van der Waals surface area contributed by atoms with E-state index in [2.05, 4.69) is 10.6 Å². The molecule has 22 heavy (non-hydrogen) atoms. The minimum absolute atomic E-state index is 0.213. The Morgan fingerprint density at radius 3 is 2.55 bits per heavy atom. The molecule has 0 bridgehead atoms. The lowest BCUT2D eigenvalue weighted by Gasteiger charge is -2.14. The van der Waals surface area contributed by atoms with Gasteiger partial charge >= 0.3 is 6.18 Å². The predicted molar refractivity (Wildman–Crippen MR) is 76.1 cm³/mol. The molecule has 7 heteroatoms. The highest BCUT2D eigenvalue weighted by molar-refractivity contribution is 5.88. The fourth-order valence-electron chi connectivity index (χ4n) is 1.80. The zero-order valence-corrected chi connectivity index (χ0v) is 12.5. The standard InChI is InChI=1S/C15H19F3N2O2/c1-3-7-19-14(22)10(2)20-13(21)9-11-5-4-6-12(8-11)15(16,17)18/h4-6,8,10H,3,7,9H2,1-2H3,(H,19,22)(H,20,21)/t10-/m1/s1. The van der Waals surface area contributed by atoms with Crippen molar-refractivity contribution in [3.05, 3.63) is 35.4 Å². The smallest absolute Gasteiger partial charge is 0.354 e. The number of nitrogens with one attached hydrogen (secondary N) is 2. The number of rotatable bonds is 6. The van der Waals surface area contributed by atoms with Gasteiger partial charge in [0, 0.05) is 6.54 Å². The van der Waals surface area contributed by atoms with Crippen molar-refractivity contribution in [1.29, 1.82) is 0 Å². The lowest BCUT2D eigenvalue weighted by Crippen LogP contribution is -2.45. The molecule has 1 aromatic rings. The fraction of sp³-hybridized carbons (Fsp3) is 0.467. The highest BCUT2D eigenvalue weighted by atomic mass is 19.4. The van der Waals surface area contributed by atoms with E-state index in [4.69, 9.17) is 0 Å². The third kappa shape index (κ3) is 5.75. The molecule has 0 aliphatic heterocycles. The van der Waals surface area contributed by atoms with E-state index in [1.165, 1.54) is 19.1 Å². The number of halogens is 3. The van der Waals surface area contributed by atoms with Crippen LogP contribution in [0.5, 0.6) is 0 Å². The van der Waals surface area contributed by atoms with E-state index >= 15 is 0 Å². The van der Waals surface area contributed by atoms with Crippen LogP contribution in [-0.2, 0) is 22.2 Å². The van der Waals surface area contributed by atoms with E-state index in [0.29, 0.717) is 6.54 Å². The number of hydrogen-bond donors (Lipinski definition) is 2. The van der Waals surface area contributed by atoms with Crippen LogP contribution in [0.25, 0.3) is 0 Å². The van der Waals surface area contributed by atoms with Crippen molar-refractivity contribution < 1.29 is 22.8 Å². The van der Waals surface area contributed by atoms with Crippen LogP contribution < -0.4 is 10.6 Å². The second-order valence-electron chi connectivity index (χ2n) is 4.96. The van der Waals surface area contributed by atoms with Crippen molar-refractivity contribution in [2.75, 3.05) is 6.54 Å². The third-order valence-corrected chi connectivity index (χ3v) is 2.94. The Morgan fingerprint density at radius 2 is 1.95 bits per heavy atom. The SMILES string of the molecule is CCCNC(=O)[C@@H](C)NC(=O)Cc1cccc(C(F)(F)F)c1. The lowest BCUT2D eigenvalue weighted by atomic mass is 10.1. The molecule has 1 rings (SSSR count). The van der Waals surface area contributed by atoms with Gasteiger partial charge in [-0.3, -0.25) is 9.59 Å². The molecule has 0 unspecified atom stereocenters. The molecule has 4 nitrogen and oxygen atoms in total. The summed E-state index contributed by atoms with van der Waals surface area (Å²) < 4.78 is 37.8. The summed E-state index contributed by atoms with van der Waals surface area (Å²) in [6, 6.07) is 3.84. The monoisotopic (exact) mass is 316 g/mol. The van der Waals surface area contributed by atoms with E-state index in [9.17, 15) is 22.8 Å². The molecule has 2 N–H and O–H groups in total. The summed E-state index contributed by atoms with van der Waals surface area (Å²) in [6.07, 6.45) is -3.88. The maximum absolute atomic E-state index is 12.6. The molecule has 0 spiro atoms. The zero-order valence-electron chi connectivity index (χ0n) is 12.5. The number of alkyl halides is 3. The van der Waals surface area contributed by atoms with Crippen LogP contribution in [0, 0.1) is 0 Å². The molecule has 122 valence electrons. The van der Waals surface area contributed by atoms with Crippen molar-refractivity contribution in [3.8, 4) is 0 Å².